The van der Waals surface area contributed by atoms with Gasteiger partial charge in [0.2, 0.25) is 0 Å². The molecule has 2 aromatic carbocycles. The second-order valence-corrected chi connectivity index (χ2v) is 5.50. The van der Waals surface area contributed by atoms with Crippen molar-refractivity contribution in [3.05, 3.63) is 65.2 Å². The number of hydrazone groups is 1. The Balaban J connectivity index is 2.01. The Labute approximate surface area is 152 Å². The minimum atomic E-state index is 0.418. The quantitative estimate of drug-likeness (QED) is 0.416. The highest BCUT2D eigenvalue weighted by molar-refractivity contribution is 6.30. The van der Waals surface area contributed by atoms with Crippen molar-refractivity contribution >= 4 is 17.8 Å². The number of nitrogens with one attached hydrogen (secondary N) is 1. The van der Waals surface area contributed by atoms with Crippen LogP contribution in [0.3, 0.4) is 0 Å². The average Bonchev–Trinajstić information content (AvgIpc) is 2.64. The first-order valence-electron chi connectivity index (χ1n) is 7.68. The highest BCUT2D eigenvalue weighted by Crippen LogP contribution is 2.27. The number of hydrogen-bond acceptors (Lipinski definition) is 5. The van der Waals surface area contributed by atoms with E-state index in [1.54, 1.807) is 38.6 Å². The second kappa shape index (κ2) is 9.59. The number of ether oxygens (including phenoxy) is 3. The van der Waals surface area contributed by atoms with Crippen molar-refractivity contribution in [2.45, 2.75) is 6.54 Å². The van der Waals surface area contributed by atoms with E-state index in [2.05, 4.69) is 17.1 Å². The Morgan fingerprint density at radius 1 is 1.08 bits per heavy atom. The summed E-state index contributed by atoms with van der Waals surface area (Å²) in [5.41, 5.74) is 4.80. The Morgan fingerprint density at radius 3 is 2.56 bits per heavy atom. The Kier molecular flexibility index (Phi) is 7.16. The molecule has 0 spiro atoms. The van der Waals surface area contributed by atoms with Crippen LogP contribution in [0, 0.1) is 0 Å². The van der Waals surface area contributed by atoms with Crippen molar-refractivity contribution in [1.82, 2.24) is 5.43 Å². The summed E-state index contributed by atoms with van der Waals surface area (Å²) in [6, 6.07) is 11.1. The second-order valence-electron chi connectivity index (χ2n) is 5.06. The van der Waals surface area contributed by atoms with E-state index in [4.69, 9.17) is 25.8 Å². The molecule has 0 bridgehead atoms. The van der Waals surface area contributed by atoms with Crippen LogP contribution in [0.5, 0.6) is 17.2 Å². The molecule has 0 radical (unpaired) electrons. The van der Waals surface area contributed by atoms with Crippen LogP contribution in [0.4, 0.5) is 0 Å². The lowest BCUT2D eigenvalue weighted by Gasteiger charge is -2.09. The number of hydrogen-bond donors (Lipinski definition) is 1. The van der Waals surface area contributed by atoms with Gasteiger partial charge in [-0.2, -0.15) is 5.10 Å². The molecular weight excluding hydrogens is 340 g/mol. The van der Waals surface area contributed by atoms with Crippen LogP contribution < -0.4 is 19.6 Å². The zero-order valence-electron chi connectivity index (χ0n) is 14.3. The van der Waals surface area contributed by atoms with Crippen LogP contribution in [0.2, 0.25) is 5.02 Å². The molecule has 5 nitrogen and oxygen atoms in total. The van der Waals surface area contributed by atoms with E-state index < -0.39 is 0 Å². The van der Waals surface area contributed by atoms with Crippen molar-refractivity contribution in [1.29, 1.82) is 0 Å². The minimum absolute atomic E-state index is 0.418. The molecule has 6 heteroatoms. The molecule has 0 unspecified atom stereocenters. The van der Waals surface area contributed by atoms with E-state index >= 15 is 0 Å². The molecule has 0 fully saturated rings. The van der Waals surface area contributed by atoms with Crippen LogP contribution in [-0.4, -0.2) is 27.0 Å². The van der Waals surface area contributed by atoms with E-state index in [0.29, 0.717) is 35.4 Å². The fourth-order valence-corrected chi connectivity index (χ4v) is 2.32. The van der Waals surface area contributed by atoms with Crippen LogP contribution in [0.1, 0.15) is 11.1 Å². The third kappa shape index (κ3) is 5.43. The summed E-state index contributed by atoms with van der Waals surface area (Å²) >= 11 is 6.04. The number of methoxy groups -OCH3 is 2. The van der Waals surface area contributed by atoms with Crippen LogP contribution in [0.25, 0.3) is 0 Å². The molecule has 0 heterocycles. The molecule has 25 heavy (non-hydrogen) atoms. The Bertz CT molecular complexity index is 747. The predicted molar refractivity (Wildman–Crippen MR) is 101 cm³/mol. The summed E-state index contributed by atoms with van der Waals surface area (Å²) in [6.45, 7) is 4.60. The molecule has 0 aliphatic rings. The van der Waals surface area contributed by atoms with Crippen molar-refractivity contribution < 1.29 is 14.2 Å². The van der Waals surface area contributed by atoms with Gasteiger partial charge in [0, 0.05) is 10.6 Å². The van der Waals surface area contributed by atoms with Crippen molar-refractivity contribution in [2.75, 3.05) is 20.8 Å². The minimum Gasteiger partial charge on any atom is -0.493 e. The van der Waals surface area contributed by atoms with Crippen LogP contribution in [0.15, 0.2) is 54.2 Å². The fraction of sp³-hybridized carbons (Fsp3) is 0.211. The molecule has 132 valence electrons. The maximum Gasteiger partial charge on any atom is 0.161 e. The van der Waals surface area contributed by atoms with Gasteiger partial charge in [-0.15, -0.1) is 0 Å². The van der Waals surface area contributed by atoms with Gasteiger partial charge < -0.3 is 19.6 Å². The van der Waals surface area contributed by atoms with Gasteiger partial charge in [0.1, 0.15) is 12.4 Å². The van der Waals surface area contributed by atoms with Crippen LogP contribution in [-0.2, 0) is 6.54 Å². The summed E-state index contributed by atoms with van der Waals surface area (Å²) in [5, 5.41) is 4.85. The first-order chi connectivity index (χ1) is 12.2. The van der Waals surface area contributed by atoms with Gasteiger partial charge in [-0.05, 0) is 35.9 Å². The van der Waals surface area contributed by atoms with E-state index in [1.165, 1.54) is 0 Å². The zero-order valence-corrected chi connectivity index (χ0v) is 15.0. The highest BCUT2D eigenvalue weighted by atomic mass is 35.5. The zero-order chi connectivity index (χ0) is 18.1. The molecule has 0 aliphatic heterocycles. The molecule has 0 atom stereocenters. The van der Waals surface area contributed by atoms with Gasteiger partial charge in [0.25, 0.3) is 0 Å². The highest BCUT2D eigenvalue weighted by Gasteiger charge is 2.04. The third-order valence-electron chi connectivity index (χ3n) is 3.35. The normalized spacial score (nSPS) is 10.5. The lowest BCUT2D eigenvalue weighted by Crippen LogP contribution is -2.06. The maximum atomic E-state index is 6.04. The lowest BCUT2D eigenvalue weighted by molar-refractivity contribution is 0.354. The van der Waals surface area contributed by atoms with Gasteiger partial charge >= 0.3 is 0 Å². The third-order valence-corrected chi connectivity index (χ3v) is 3.59. The van der Waals surface area contributed by atoms with Crippen molar-refractivity contribution in [3.63, 3.8) is 0 Å². The molecular formula is C19H21ClN2O3. The predicted octanol–water partition coefficient (Wildman–Crippen LogP) is 4.05. The topological polar surface area (TPSA) is 52.1 Å². The van der Waals surface area contributed by atoms with Gasteiger partial charge in [-0.1, -0.05) is 30.3 Å². The molecule has 0 amide bonds. The van der Waals surface area contributed by atoms with Crippen LogP contribution >= 0.6 is 11.6 Å². The number of nitrogens with zero attached hydrogens (tertiary/aromatic N) is 1. The molecule has 2 rings (SSSR count). The summed E-state index contributed by atoms with van der Waals surface area (Å²) in [4.78, 5) is 0. The van der Waals surface area contributed by atoms with Gasteiger partial charge in [0.15, 0.2) is 11.5 Å². The van der Waals surface area contributed by atoms with Crippen molar-refractivity contribution in [2.24, 2.45) is 5.10 Å². The van der Waals surface area contributed by atoms with Gasteiger partial charge in [0.05, 0.1) is 27.0 Å². The number of benzene rings is 2. The molecule has 0 aliphatic carbocycles. The summed E-state index contributed by atoms with van der Waals surface area (Å²) < 4.78 is 16.1. The molecule has 0 aromatic heterocycles. The fourth-order valence-electron chi connectivity index (χ4n) is 2.14. The Morgan fingerprint density at radius 2 is 1.84 bits per heavy atom. The van der Waals surface area contributed by atoms with Gasteiger partial charge in [-0.3, -0.25) is 0 Å². The van der Waals surface area contributed by atoms with E-state index in [0.717, 1.165) is 11.1 Å². The number of rotatable bonds is 9. The van der Waals surface area contributed by atoms with Crippen molar-refractivity contribution in [3.8, 4) is 17.2 Å². The lowest BCUT2D eigenvalue weighted by atomic mass is 10.2. The monoisotopic (exact) mass is 360 g/mol. The SMILES string of the molecule is C=CCOc1ccc(Cl)cc1/C=N/NCc1ccc(OC)c(OC)c1. The summed E-state index contributed by atoms with van der Waals surface area (Å²) in [7, 11) is 3.22. The van der Waals surface area contributed by atoms with E-state index in [1.807, 2.05) is 24.3 Å². The maximum absolute atomic E-state index is 6.04. The average molecular weight is 361 g/mol. The molecule has 0 saturated carbocycles. The van der Waals surface area contributed by atoms with E-state index in [-0.39, 0.29) is 0 Å². The number of halogens is 1. The smallest absolute Gasteiger partial charge is 0.161 e. The summed E-state index contributed by atoms with van der Waals surface area (Å²) in [6.07, 6.45) is 3.36. The van der Waals surface area contributed by atoms with E-state index in [9.17, 15) is 0 Å². The molecule has 2 aromatic rings. The molecule has 0 saturated heterocycles. The Hall–Kier alpha value is -2.66. The standard InChI is InChI=1S/C19H21ClN2O3/c1-4-9-25-17-8-6-16(20)11-15(17)13-22-21-12-14-5-7-18(23-2)19(10-14)24-3/h4-8,10-11,13,21H,1,9,12H2,2-3H3/b22-13+. The first kappa shape index (κ1) is 18.7. The first-order valence-corrected chi connectivity index (χ1v) is 8.05. The van der Waals surface area contributed by atoms with Gasteiger partial charge in [-0.25, -0.2) is 0 Å². The summed E-state index contributed by atoms with van der Waals surface area (Å²) in [5.74, 6) is 2.07. The largest absolute Gasteiger partial charge is 0.493 e. The molecule has 1 N–H and O–H groups in total.